The molecule has 0 radical (unpaired) electrons. The van der Waals surface area contributed by atoms with E-state index in [0.29, 0.717) is 22.6 Å². The van der Waals surface area contributed by atoms with E-state index in [2.05, 4.69) is 15.9 Å². The molecule has 0 saturated carbocycles. The van der Waals surface area contributed by atoms with E-state index in [-0.39, 0.29) is 4.90 Å². The third-order valence-electron chi connectivity index (χ3n) is 3.06. The Morgan fingerprint density at radius 3 is 2.48 bits per heavy atom. The molecule has 112 valence electrons. The average Bonchev–Trinajstić information content (AvgIpc) is 2.45. The predicted molar refractivity (Wildman–Crippen MR) is 88.9 cm³/mol. The molecular weight excluding hydrogens is 374 g/mol. The molecule has 0 bridgehead atoms. The predicted octanol–water partition coefficient (Wildman–Crippen LogP) is 4.31. The van der Waals surface area contributed by atoms with Crippen LogP contribution in [-0.2, 0) is 16.6 Å². The Kier molecular flexibility index (Phi) is 5.43. The maximum atomic E-state index is 12.7. The summed E-state index contributed by atoms with van der Waals surface area (Å²) in [5.41, 5.74) is 0.861. The number of sulfonamides is 1. The molecule has 0 saturated heterocycles. The van der Waals surface area contributed by atoms with Gasteiger partial charge in [-0.15, -0.1) is 0 Å². The van der Waals surface area contributed by atoms with Gasteiger partial charge in [-0.3, -0.25) is 0 Å². The van der Waals surface area contributed by atoms with Gasteiger partial charge in [0.25, 0.3) is 0 Å². The zero-order chi connectivity index (χ0) is 15.5. The van der Waals surface area contributed by atoms with Gasteiger partial charge in [-0.2, -0.15) is 4.31 Å². The van der Waals surface area contributed by atoms with Crippen LogP contribution in [0.2, 0.25) is 5.02 Å². The fourth-order valence-electron chi connectivity index (χ4n) is 2.00. The molecule has 0 spiro atoms. The third-order valence-corrected chi connectivity index (χ3v) is 6.22. The van der Waals surface area contributed by atoms with Gasteiger partial charge in [0.05, 0.1) is 4.90 Å². The minimum Gasteiger partial charge on any atom is -0.207 e. The summed E-state index contributed by atoms with van der Waals surface area (Å²) in [6.07, 6.45) is 0. The summed E-state index contributed by atoms with van der Waals surface area (Å²) in [6.45, 7) is 2.50. The van der Waals surface area contributed by atoms with E-state index in [1.165, 1.54) is 4.31 Å². The second-order valence-corrected chi connectivity index (χ2v) is 7.69. The van der Waals surface area contributed by atoms with E-state index in [1.54, 1.807) is 36.4 Å². The first kappa shape index (κ1) is 16.5. The number of benzene rings is 2. The van der Waals surface area contributed by atoms with Crippen LogP contribution >= 0.6 is 27.5 Å². The van der Waals surface area contributed by atoms with E-state index in [4.69, 9.17) is 11.6 Å². The van der Waals surface area contributed by atoms with E-state index >= 15 is 0 Å². The Morgan fingerprint density at radius 1 is 1.14 bits per heavy atom. The number of rotatable bonds is 5. The lowest BCUT2D eigenvalue weighted by atomic mass is 10.2. The van der Waals surface area contributed by atoms with Crippen molar-refractivity contribution < 1.29 is 8.42 Å². The van der Waals surface area contributed by atoms with Crippen LogP contribution in [0.3, 0.4) is 0 Å². The van der Waals surface area contributed by atoms with Crippen LogP contribution in [0.25, 0.3) is 0 Å². The standard InChI is InChI=1S/C15H15BrClNO2S/c1-2-18(11-12-6-5-7-13(17)10-12)21(19,20)15-9-4-3-8-14(15)16/h3-10H,2,11H2,1H3. The van der Waals surface area contributed by atoms with Gasteiger partial charge in [-0.05, 0) is 45.8 Å². The SMILES string of the molecule is CCN(Cc1cccc(Cl)c1)S(=O)(=O)c1ccccc1Br. The van der Waals surface area contributed by atoms with Gasteiger partial charge in [0, 0.05) is 22.6 Å². The Balaban J connectivity index is 2.35. The summed E-state index contributed by atoms with van der Waals surface area (Å²) in [5.74, 6) is 0. The van der Waals surface area contributed by atoms with Crippen molar-refractivity contribution in [2.75, 3.05) is 6.54 Å². The molecule has 0 heterocycles. The first-order chi connectivity index (χ1) is 9.95. The Morgan fingerprint density at radius 2 is 1.86 bits per heavy atom. The van der Waals surface area contributed by atoms with Crippen molar-refractivity contribution in [3.05, 3.63) is 63.6 Å². The smallest absolute Gasteiger partial charge is 0.207 e. The van der Waals surface area contributed by atoms with Gasteiger partial charge in [-0.25, -0.2) is 8.42 Å². The average molecular weight is 389 g/mol. The van der Waals surface area contributed by atoms with Gasteiger partial charge in [0.2, 0.25) is 10.0 Å². The first-order valence-electron chi connectivity index (χ1n) is 6.44. The summed E-state index contributed by atoms with van der Waals surface area (Å²) in [6, 6.07) is 14.0. The van der Waals surface area contributed by atoms with Crippen LogP contribution in [0.5, 0.6) is 0 Å². The minimum atomic E-state index is -3.55. The molecule has 0 unspecified atom stereocenters. The van der Waals surface area contributed by atoms with Crippen molar-refractivity contribution in [3.8, 4) is 0 Å². The molecule has 0 amide bonds. The normalized spacial score (nSPS) is 11.8. The van der Waals surface area contributed by atoms with Crippen LogP contribution in [0.1, 0.15) is 12.5 Å². The molecule has 0 aliphatic carbocycles. The molecule has 0 aliphatic heterocycles. The maximum Gasteiger partial charge on any atom is 0.244 e. The maximum absolute atomic E-state index is 12.7. The van der Waals surface area contributed by atoms with Crippen LogP contribution in [0.15, 0.2) is 57.9 Å². The lowest BCUT2D eigenvalue weighted by Gasteiger charge is -2.21. The monoisotopic (exact) mass is 387 g/mol. The highest BCUT2D eigenvalue weighted by Crippen LogP contribution is 2.26. The van der Waals surface area contributed by atoms with Gasteiger partial charge < -0.3 is 0 Å². The van der Waals surface area contributed by atoms with Crippen molar-refractivity contribution in [2.24, 2.45) is 0 Å². The molecule has 6 heteroatoms. The van der Waals surface area contributed by atoms with Crippen molar-refractivity contribution in [1.82, 2.24) is 4.31 Å². The highest BCUT2D eigenvalue weighted by atomic mass is 79.9. The fourth-order valence-corrected chi connectivity index (χ4v) is 4.61. The van der Waals surface area contributed by atoms with Crippen LogP contribution in [-0.4, -0.2) is 19.3 Å². The molecular formula is C15H15BrClNO2S. The lowest BCUT2D eigenvalue weighted by Crippen LogP contribution is -2.30. The van der Waals surface area contributed by atoms with Crippen molar-refractivity contribution in [2.45, 2.75) is 18.4 Å². The van der Waals surface area contributed by atoms with Crippen molar-refractivity contribution in [3.63, 3.8) is 0 Å². The fraction of sp³-hybridized carbons (Fsp3) is 0.200. The van der Waals surface area contributed by atoms with E-state index in [0.717, 1.165) is 5.56 Å². The van der Waals surface area contributed by atoms with Gasteiger partial charge in [0.1, 0.15) is 0 Å². The van der Waals surface area contributed by atoms with E-state index in [9.17, 15) is 8.42 Å². The molecule has 3 nitrogen and oxygen atoms in total. The molecule has 2 aromatic rings. The Bertz CT molecular complexity index is 734. The number of hydrogen-bond acceptors (Lipinski definition) is 2. The van der Waals surface area contributed by atoms with E-state index < -0.39 is 10.0 Å². The lowest BCUT2D eigenvalue weighted by molar-refractivity contribution is 0.423. The van der Waals surface area contributed by atoms with Crippen molar-refractivity contribution in [1.29, 1.82) is 0 Å². The van der Waals surface area contributed by atoms with E-state index in [1.807, 2.05) is 19.1 Å². The number of halogens is 2. The van der Waals surface area contributed by atoms with Gasteiger partial charge in [-0.1, -0.05) is 42.8 Å². The summed E-state index contributed by atoms with van der Waals surface area (Å²) in [4.78, 5) is 0.272. The van der Waals surface area contributed by atoms with Crippen LogP contribution in [0.4, 0.5) is 0 Å². The summed E-state index contributed by atoms with van der Waals surface area (Å²) >= 11 is 9.25. The summed E-state index contributed by atoms with van der Waals surface area (Å²) in [5, 5.41) is 0.599. The first-order valence-corrected chi connectivity index (χ1v) is 9.05. The molecule has 21 heavy (non-hydrogen) atoms. The topological polar surface area (TPSA) is 37.4 Å². The largest absolute Gasteiger partial charge is 0.244 e. The van der Waals surface area contributed by atoms with Gasteiger partial charge in [0.15, 0.2) is 0 Å². The third kappa shape index (κ3) is 3.86. The van der Waals surface area contributed by atoms with Gasteiger partial charge >= 0.3 is 0 Å². The molecule has 0 aliphatic rings. The van der Waals surface area contributed by atoms with Crippen LogP contribution in [0, 0.1) is 0 Å². The zero-order valence-electron chi connectivity index (χ0n) is 11.5. The number of hydrogen-bond donors (Lipinski definition) is 0. The summed E-state index contributed by atoms with van der Waals surface area (Å²) in [7, 11) is -3.55. The summed E-state index contributed by atoms with van der Waals surface area (Å²) < 4.78 is 27.5. The Hall–Kier alpha value is -0.880. The molecule has 0 N–H and O–H groups in total. The molecule has 2 rings (SSSR count). The minimum absolute atomic E-state index is 0.272. The second kappa shape index (κ2) is 6.92. The molecule has 0 fully saturated rings. The quantitative estimate of drug-likeness (QED) is 0.765. The molecule has 0 atom stereocenters. The second-order valence-electron chi connectivity index (χ2n) is 4.49. The molecule has 0 aromatic heterocycles. The van der Waals surface area contributed by atoms with Crippen LogP contribution < -0.4 is 0 Å². The Labute approximate surface area is 138 Å². The highest BCUT2D eigenvalue weighted by Gasteiger charge is 2.25. The van der Waals surface area contributed by atoms with Crippen molar-refractivity contribution >= 4 is 37.6 Å². The zero-order valence-corrected chi connectivity index (χ0v) is 14.6. The highest BCUT2D eigenvalue weighted by molar-refractivity contribution is 9.10. The molecule has 2 aromatic carbocycles. The number of nitrogens with zero attached hydrogens (tertiary/aromatic N) is 1.